The monoisotopic (exact) mass is 302 g/mol. The zero-order chi connectivity index (χ0) is 15.7. The molecule has 1 N–H and O–H groups in total. The Morgan fingerprint density at radius 1 is 1.30 bits per heavy atom. The van der Waals surface area contributed by atoms with Gasteiger partial charge in [0.05, 0.1) is 12.0 Å². The van der Waals surface area contributed by atoms with E-state index in [1.807, 2.05) is 6.92 Å². The van der Waals surface area contributed by atoms with Gasteiger partial charge in [0.2, 0.25) is 0 Å². The molecule has 1 saturated heterocycles. The molecule has 118 valence electrons. The van der Waals surface area contributed by atoms with Gasteiger partial charge in [0, 0.05) is 18.9 Å². The molecular weight excluding hydrogens is 272 g/mol. The van der Waals surface area contributed by atoms with Gasteiger partial charge in [0.15, 0.2) is 8.32 Å². The molecule has 0 aromatic carbocycles. The predicted octanol–water partition coefficient (Wildman–Crippen LogP) is 2.96. The number of cyclic esters (lactones) is 1. The molecule has 1 heterocycles. The quantitative estimate of drug-likeness (QED) is 0.641. The second-order valence-electron chi connectivity index (χ2n) is 7.48. The number of carbonyl (C=O) groups excluding carboxylic acids is 1. The summed E-state index contributed by atoms with van der Waals surface area (Å²) < 4.78 is 11.9. The lowest BCUT2D eigenvalue weighted by molar-refractivity contribution is -0.177. The molecule has 1 aliphatic heterocycles. The molecular formula is C15H30O4Si. The maximum absolute atomic E-state index is 12.0. The number of rotatable bonds is 4. The summed E-state index contributed by atoms with van der Waals surface area (Å²) in [5.74, 6) is -0.330. The minimum atomic E-state index is -1.93. The molecule has 20 heavy (non-hydrogen) atoms. The summed E-state index contributed by atoms with van der Waals surface area (Å²) in [7, 11) is -1.93. The summed E-state index contributed by atoms with van der Waals surface area (Å²) in [5.41, 5.74) is 0. The SMILES string of the molecule is C[C@@H]1C(O[Si](C)(C)C(C)(C)C)[C@@H](C)C(=O)O[C@@H]1CCO. The minimum Gasteiger partial charge on any atom is -0.462 e. The number of esters is 1. The fourth-order valence-corrected chi connectivity index (χ4v) is 3.79. The van der Waals surface area contributed by atoms with Crippen molar-refractivity contribution in [3.63, 3.8) is 0 Å². The number of hydrogen-bond donors (Lipinski definition) is 1. The first-order valence-electron chi connectivity index (χ1n) is 7.50. The van der Waals surface area contributed by atoms with Crippen LogP contribution in [0, 0.1) is 11.8 Å². The van der Waals surface area contributed by atoms with Gasteiger partial charge in [0.1, 0.15) is 6.10 Å². The zero-order valence-electron chi connectivity index (χ0n) is 13.9. The maximum atomic E-state index is 12.0. The highest BCUT2D eigenvalue weighted by Gasteiger charge is 2.47. The van der Waals surface area contributed by atoms with Crippen LogP contribution >= 0.6 is 0 Å². The van der Waals surface area contributed by atoms with Crippen LogP contribution in [0.2, 0.25) is 18.1 Å². The molecule has 0 saturated carbocycles. The van der Waals surface area contributed by atoms with Crippen LogP contribution in [0.15, 0.2) is 0 Å². The molecule has 0 aliphatic carbocycles. The van der Waals surface area contributed by atoms with E-state index in [4.69, 9.17) is 14.3 Å². The number of hydrogen-bond acceptors (Lipinski definition) is 4. The number of ether oxygens (including phenoxy) is 1. The Labute approximate surface area is 124 Å². The number of carbonyl (C=O) groups is 1. The van der Waals surface area contributed by atoms with E-state index in [-0.39, 0.29) is 41.7 Å². The van der Waals surface area contributed by atoms with Gasteiger partial charge in [-0.1, -0.05) is 27.7 Å². The van der Waals surface area contributed by atoms with Crippen molar-refractivity contribution in [2.24, 2.45) is 11.8 Å². The summed E-state index contributed by atoms with van der Waals surface area (Å²) in [6.45, 7) is 15.0. The third-order valence-electron chi connectivity index (χ3n) is 4.89. The third-order valence-corrected chi connectivity index (χ3v) is 9.36. The van der Waals surface area contributed by atoms with Crippen molar-refractivity contribution in [1.82, 2.24) is 0 Å². The van der Waals surface area contributed by atoms with Gasteiger partial charge in [0.25, 0.3) is 0 Å². The van der Waals surface area contributed by atoms with Gasteiger partial charge < -0.3 is 14.3 Å². The Balaban J connectivity index is 2.92. The highest BCUT2D eigenvalue weighted by molar-refractivity contribution is 6.74. The van der Waals surface area contributed by atoms with E-state index in [1.54, 1.807) is 0 Å². The van der Waals surface area contributed by atoms with Gasteiger partial charge in [-0.25, -0.2) is 0 Å². The average molecular weight is 302 g/mol. The fraction of sp³-hybridized carbons (Fsp3) is 0.933. The Bertz CT molecular complexity index is 348. The summed E-state index contributed by atoms with van der Waals surface area (Å²) >= 11 is 0. The molecule has 4 nitrogen and oxygen atoms in total. The van der Waals surface area contributed by atoms with Crippen molar-refractivity contribution in [1.29, 1.82) is 0 Å². The van der Waals surface area contributed by atoms with Crippen LogP contribution < -0.4 is 0 Å². The van der Waals surface area contributed by atoms with Crippen LogP contribution in [0.3, 0.4) is 0 Å². The van der Waals surface area contributed by atoms with E-state index in [0.717, 1.165) is 0 Å². The average Bonchev–Trinajstić information content (AvgIpc) is 2.30. The van der Waals surface area contributed by atoms with Crippen molar-refractivity contribution in [2.75, 3.05) is 6.61 Å². The van der Waals surface area contributed by atoms with Gasteiger partial charge >= 0.3 is 5.97 Å². The van der Waals surface area contributed by atoms with Crippen molar-refractivity contribution in [3.05, 3.63) is 0 Å². The Morgan fingerprint density at radius 2 is 1.85 bits per heavy atom. The van der Waals surface area contributed by atoms with Gasteiger partial charge in [-0.2, -0.15) is 0 Å². The predicted molar refractivity (Wildman–Crippen MR) is 82.0 cm³/mol. The van der Waals surface area contributed by atoms with Crippen molar-refractivity contribution in [3.8, 4) is 0 Å². The van der Waals surface area contributed by atoms with E-state index < -0.39 is 8.32 Å². The molecule has 0 aromatic rings. The summed E-state index contributed by atoms with van der Waals surface area (Å²) in [6.07, 6.45) is 0.129. The van der Waals surface area contributed by atoms with Crippen LogP contribution in [-0.2, 0) is 14.0 Å². The normalized spacial score (nSPS) is 32.1. The molecule has 0 radical (unpaired) electrons. The fourth-order valence-electron chi connectivity index (χ4n) is 2.34. The summed E-state index contributed by atoms with van der Waals surface area (Å²) in [4.78, 5) is 12.0. The van der Waals surface area contributed by atoms with Gasteiger partial charge in [-0.05, 0) is 25.1 Å². The minimum absolute atomic E-state index is 0.0312. The van der Waals surface area contributed by atoms with E-state index in [2.05, 4.69) is 40.8 Å². The van der Waals surface area contributed by atoms with Crippen LogP contribution in [0.25, 0.3) is 0 Å². The molecule has 1 aliphatic rings. The number of aliphatic hydroxyl groups excluding tert-OH is 1. The molecule has 1 rings (SSSR count). The highest BCUT2D eigenvalue weighted by atomic mass is 28.4. The molecule has 0 spiro atoms. The third kappa shape index (κ3) is 3.62. The van der Waals surface area contributed by atoms with Crippen LogP contribution in [0.1, 0.15) is 41.0 Å². The van der Waals surface area contributed by atoms with Gasteiger partial charge in [-0.3, -0.25) is 4.79 Å². The molecule has 4 atom stereocenters. The lowest BCUT2D eigenvalue weighted by atomic mass is 9.85. The summed E-state index contributed by atoms with van der Waals surface area (Å²) in [6, 6.07) is 0. The second-order valence-corrected chi connectivity index (χ2v) is 12.2. The van der Waals surface area contributed by atoms with Gasteiger partial charge in [-0.15, -0.1) is 0 Å². The lowest BCUT2D eigenvalue weighted by Crippen LogP contribution is -2.54. The van der Waals surface area contributed by atoms with Crippen molar-refractivity contribution < 1.29 is 19.1 Å². The van der Waals surface area contributed by atoms with E-state index >= 15 is 0 Å². The van der Waals surface area contributed by atoms with E-state index in [0.29, 0.717) is 6.42 Å². The standard InChI is InChI=1S/C15H30O4Si/c1-10-12(8-9-16)18-14(17)11(2)13(10)19-20(6,7)15(3,4)5/h10-13,16H,8-9H2,1-7H3/t10-,11+,12+,13?/m0/s1. The molecule has 1 fully saturated rings. The second kappa shape index (κ2) is 6.16. The Kier molecular flexibility index (Phi) is 5.44. The topological polar surface area (TPSA) is 55.8 Å². The lowest BCUT2D eigenvalue weighted by Gasteiger charge is -2.46. The number of aliphatic hydroxyl groups is 1. The van der Waals surface area contributed by atoms with E-state index in [9.17, 15) is 4.79 Å². The highest BCUT2D eigenvalue weighted by Crippen LogP contribution is 2.41. The molecule has 1 unspecified atom stereocenters. The molecule has 0 amide bonds. The largest absolute Gasteiger partial charge is 0.462 e. The zero-order valence-corrected chi connectivity index (χ0v) is 14.9. The first-order valence-corrected chi connectivity index (χ1v) is 10.4. The smallest absolute Gasteiger partial charge is 0.311 e. The molecule has 0 bridgehead atoms. The molecule has 0 aromatic heterocycles. The first kappa shape index (κ1) is 17.7. The first-order chi connectivity index (χ1) is 9.01. The van der Waals surface area contributed by atoms with Crippen LogP contribution in [0.4, 0.5) is 0 Å². The maximum Gasteiger partial charge on any atom is 0.311 e. The van der Waals surface area contributed by atoms with E-state index in [1.165, 1.54) is 0 Å². The van der Waals surface area contributed by atoms with Crippen LogP contribution in [0.5, 0.6) is 0 Å². The van der Waals surface area contributed by atoms with Crippen LogP contribution in [-0.4, -0.2) is 38.2 Å². The van der Waals surface area contributed by atoms with Crippen molar-refractivity contribution >= 4 is 14.3 Å². The molecule has 5 heteroatoms. The van der Waals surface area contributed by atoms with Crippen molar-refractivity contribution in [2.45, 2.75) is 71.4 Å². The Morgan fingerprint density at radius 3 is 2.30 bits per heavy atom. The summed E-state index contributed by atoms with van der Waals surface area (Å²) in [5, 5.41) is 9.22. The Hall–Kier alpha value is -0.393.